The summed E-state index contributed by atoms with van der Waals surface area (Å²) in [5.74, 6) is -2.70. The molecule has 1 rings (SSSR count). The van der Waals surface area contributed by atoms with Gasteiger partial charge in [-0.2, -0.15) is 0 Å². The molecule has 1 aliphatic heterocycles. The number of aliphatic hydroxyl groups excluding tert-OH is 3. The van der Waals surface area contributed by atoms with Crippen LogP contribution in [0.1, 0.15) is 60.3 Å². The summed E-state index contributed by atoms with van der Waals surface area (Å²) in [6.07, 6.45) is 9.12. The first-order chi connectivity index (χ1) is 13.5. The molecule has 6 nitrogen and oxygen atoms in total. The molecule has 1 aliphatic rings. The van der Waals surface area contributed by atoms with Gasteiger partial charge in [-0.15, -0.1) is 0 Å². The zero-order chi connectivity index (χ0) is 22.2. The average Bonchev–Trinajstić information content (AvgIpc) is 2.88. The second-order valence-electron chi connectivity index (χ2n) is 7.76. The van der Waals surface area contributed by atoms with Crippen LogP contribution < -0.4 is 0 Å². The van der Waals surface area contributed by atoms with E-state index in [1.54, 1.807) is 0 Å². The van der Waals surface area contributed by atoms with Gasteiger partial charge in [0.2, 0.25) is 5.78 Å². The lowest BCUT2D eigenvalue weighted by Crippen LogP contribution is -2.47. The third-order valence-electron chi connectivity index (χ3n) is 5.17. The molecular weight excluding hydrogens is 372 g/mol. The Morgan fingerprint density at radius 1 is 1.21 bits per heavy atom. The van der Waals surface area contributed by atoms with E-state index in [4.69, 9.17) is 4.74 Å². The van der Waals surface area contributed by atoms with E-state index in [9.17, 15) is 25.2 Å². The van der Waals surface area contributed by atoms with Crippen molar-refractivity contribution in [2.45, 2.75) is 84.4 Å². The van der Waals surface area contributed by atoms with Gasteiger partial charge in [-0.05, 0) is 45.6 Å². The van der Waals surface area contributed by atoms with Crippen LogP contribution in [-0.2, 0) is 9.53 Å². The molecule has 0 bridgehead atoms. The largest absolute Gasteiger partial charge is 0.456 e. The summed E-state index contributed by atoms with van der Waals surface area (Å²) in [5, 5.41) is 40.1. The van der Waals surface area contributed by atoms with Crippen LogP contribution in [0.3, 0.4) is 0 Å². The quantitative estimate of drug-likeness (QED) is 0.309. The van der Waals surface area contributed by atoms with E-state index in [0.29, 0.717) is 12.8 Å². The summed E-state index contributed by atoms with van der Waals surface area (Å²) in [5.41, 5.74) is 1.20. The Morgan fingerprint density at radius 3 is 2.41 bits per heavy atom. The van der Waals surface area contributed by atoms with Crippen LogP contribution >= 0.6 is 0 Å². The van der Waals surface area contributed by atoms with Gasteiger partial charge in [-0.3, -0.25) is 4.79 Å². The number of carbonyl (C=O) groups is 1. The molecule has 6 heteroatoms. The van der Waals surface area contributed by atoms with Crippen molar-refractivity contribution in [2.24, 2.45) is 5.92 Å². The Balaban J connectivity index is 2.45. The van der Waals surface area contributed by atoms with Crippen molar-refractivity contribution >= 4 is 5.78 Å². The summed E-state index contributed by atoms with van der Waals surface area (Å²) < 4.78 is 5.25. The van der Waals surface area contributed by atoms with Gasteiger partial charge in [0.1, 0.15) is 11.9 Å². The summed E-state index contributed by atoms with van der Waals surface area (Å²) in [7, 11) is 0. The minimum atomic E-state index is -2.25. The normalized spacial score (nSPS) is 25.0. The maximum atomic E-state index is 12.1. The number of aliphatic hydroxyl groups is 4. The van der Waals surface area contributed by atoms with Crippen LogP contribution in [0.4, 0.5) is 0 Å². The molecule has 0 radical (unpaired) electrons. The third-order valence-corrected chi connectivity index (χ3v) is 5.17. The Hall–Kier alpha value is -1.73. The number of hydrogen-bond acceptors (Lipinski definition) is 6. The number of Topliss-reactive ketones (excluding diaryl/α,β-unsaturated/α-hetero) is 1. The molecule has 0 fully saturated rings. The summed E-state index contributed by atoms with van der Waals surface area (Å²) in [6.45, 7) is 8.72. The van der Waals surface area contributed by atoms with E-state index in [2.05, 4.69) is 0 Å². The molecule has 5 atom stereocenters. The summed E-state index contributed by atoms with van der Waals surface area (Å²) >= 11 is 0. The maximum absolute atomic E-state index is 12.1. The third kappa shape index (κ3) is 6.93. The molecule has 0 aromatic rings. The molecule has 0 saturated heterocycles. The number of hydrogen-bond donors (Lipinski definition) is 4. The molecule has 2 unspecified atom stereocenters. The molecule has 1 heterocycles. The summed E-state index contributed by atoms with van der Waals surface area (Å²) in [4.78, 5) is 12.1. The predicted molar refractivity (Wildman–Crippen MR) is 113 cm³/mol. The van der Waals surface area contributed by atoms with E-state index >= 15 is 0 Å². The van der Waals surface area contributed by atoms with Crippen LogP contribution in [0, 0.1) is 5.92 Å². The highest BCUT2D eigenvalue weighted by Gasteiger charge is 2.50. The van der Waals surface area contributed by atoms with Crippen molar-refractivity contribution in [3.05, 3.63) is 47.3 Å². The number of carbonyl (C=O) groups excluding carboxylic acids is 1. The van der Waals surface area contributed by atoms with E-state index in [1.165, 1.54) is 13.8 Å². The standard InChI is InChI=1S/C23H36O6/c1-6-11-15(2)21(26)16(3)12-9-7-8-10-13-19(25)14-20-17(4)22(27)23(28,29-20)18(5)24/h7-9,11-12,16,18-19,21,24-26,28H,6,10,13-14H2,1-5H3/b8-7+,12-9+,15-11+/t16-,18?,19-,21+,23?/m1/s1. The lowest BCUT2D eigenvalue weighted by atomic mass is 9.97. The van der Waals surface area contributed by atoms with Gasteiger partial charge in [0.05, 0.1) is 12.2 Å². The minimum Gasteiger partial charge on any atom is -0.456 e. The zero-order valence-corrected chi connectivity index (χ0v) is 18.1. The number of ketones is 1. The number of rotatable bonds is 11. The molecule has 0 spiro atoms. The highest BCUT2D eigenvalue weighted by atomic mass is 16.6. The van der Waals surface area contributed by atoms with Gasteiger partial charge in [0, 0.05) is 17.9 Å². The molecule has 0 saturated carbocycles. The first kappa shape index (κ1) is 25.3. The van der Waals surface area contributed by atoms with Crippen molar-refractivity contribution in [3.63, 3.8) is 0 Å². The van der Waals surface area contributed by atoms with Gasteiger partial charge in [-0.25, -0.2) is 0 Å². The molecule has 164 valence electrons. The highest BCUT2D eigenvalue weighted by molar-refractivity contribution is 6.03. The number of ether oxygens (including phenoxy) is 1. The first-order valence-corrected chi connectivity index (χ1v) is 10.2. The first-order valence-electron chi connectivity index (χ1n) is 10.2. The smallest absolute Gasteiger partial charge is 0.298 e. The van der Waals surface area contributed by atoms with Crippen LogP contribution in [0.15, 0.2) is 47.3 Å². The van der Waals surface area contributed by atoms with Gasteiger partial charge in [-0.1, -0.05) is 44.2 Å². The Labute approximate surface area is 173 Å². The number of allylic oxidation sites excluding steroid dienone is 4. The Morgan fingerprint density at radius 2 is 1.86 bits per heavy atom. The topological polar surface area (TPSA) is 107 Å². The van der Waals surface area contributed by atoms with Crippen molar-refractivity contribution < 1.29 is 30.0 Å². The van der Waals surface area contributed by atoms with Crippen molar-refractivity contribution in [1.82, 2.24) is 0 Å². The molecule has 29 heavy (non-hydrogen) atoms. The molecule has 0 aromatic heterocycles. The monoisotopic (exact) mass is 408 g/mol. The molecule has 0 aromatic carbocycles. The SMILES string of the molecule is CC/C=C(\C)[C@H](O)[C@H](C)/C=C/C=C/CC[C@@H](O)CC1=C(C)C(=O)C(O)(C(C)O)O1. The average molecular weight is 409 g/mol. The van der Waals surface area contributed by atoms with Crippen molar-refractivity contribution in [2.75, 3.05) is 0 Å². The minimum absolute atomic E-state index is 0.00710. The van der Waals surface area contributed by atoms with Crippen molar-refractivity contribution in [1.29, 1.82) is 0 Å². The van der Waals surface area contributed by atoms with Gasteiger partial charge >= 0.3 is 0 Å². The fraction of sp³-hybridized carbons (Fsp3) is 0.609. The fourth-order valence-corrected chi connectivity index (χ4v) is 3.16. The van der Waals surface area contributed by atoms with Gasteiger partial charge < -0.3 is 25.2 Å². The Kier molecular flexibility index (Phi) is 10.00. The van der Waals surface area contributed by atoms with E-state index in [-0.39, 0.29) is 23.7 Å². The molecule has 4 N–H and O–H groups in total. The predicted octanol–water partition coefficient (Wildman–Crippen LogP) is 2.93. The lowest BCUT2D eigenvalue weighted by molar-refractivity contribution is -0.213. The molecule has 0 amide bonds. The highest BCUT2D eigenvalue weighted by Crippen LogP contribution is 2.34. The van der Waals surface area contributed by atoms with Crippen LogP contribution in [0.2, 0.25) is 0 Å². The van der Waals surface area contributed by atoms with Gasteiger partial charge in [0.15, 0.2) is 0 Å². The van der Waals surface area contributed by atoms with Crippen LogP contribution in [0.25, 0.3) is 0 Å². The zero-order valence-electron chi connectivity index (χ0n) is 18.1. The molecule has 0 aliphatic carbocycles. The Bertz CT molecular complexity index is 673. The van der Waals surface area contributed by atoms with E-state index in [0.717, 1.165) is 12.0 Å². The second-order valence-corrected chi connectivity index (χ2v) is 7.76. The van der Waals surface area contributed by atoms with Crippen molar-refractivity contribution in [3.8, 4) is 0 Å². The summed E-state index contributed by atoms with van der Waals surface area (Å²) in [6, 6.07) is 0. The van der Waals surface area contributed by atoms with E-state index in [1.807, 2.05) is 51.2 Å². The van der Waals surface area contributed by atoms with Crippen LogP contribution in [0.5, 0.6) is 0 Å². The molecular formula is C23H36O6. The van der Waals surface area contributed by atoms with E-state index < -0.39 is 29.9 Å². The lowest BCUT2D eigenvalue weighted by Gasteiger charge is -2.25. The second kappa shape index (κ2) is 11.5. The van der Waals surface area contributed by atoms with Crippen LogP contribution in [-0.4, -0.2) is 50.3 Å². The maximum Gasteiger partial charge on any atom is 0.298 e. The van der Waals surface area contributed by atoms with Gasteiger partial charge in [0.25, 0.3) is 5.79 Å². The fourth-order valence-electron chi connectivity index (χ4n) is 3.16.